The van der Waals surface area contributed by atoms with E-state index < -0.39 is 17.2 Å². The monoisotopic (exact) mass is 297 g/mol. The molecule has 3 aromatic rings. The van der Waals surface area contributed by atoms with Crippen molar-refractivity contribution in [2.75, 3.05) is 0 Å². The van der Waals surface area contributed by atoms with Crippen LogP contribution in [0.1, 0.15) is 16.8 Å². The maximum atomic E-state index is 13.3. The summed E-state index contributed by atoms with van der Waals surface area (Å²) in [6.45, 7) is 0. The van der Waals surface area contributed by atoms with E-state index in [4.69, 9.17) is 5.26 Å². The predicted molar refractivity (Wildman–Crippen MR) is 76.2 cm³/mol. The number of rotatable bonds is 2. The molecule has 0 spiro atoms. The van der Waals surface area contributed by atoms with Gasteiger partial charge in [0.1, 0.15) is 17.7 Å². The first-order chi connectivity index (χ1) is 10.6. The van der Waals surface area contributed by atoms with Crippen molar-refractivity contribution in [3.05, 3.63) is 75.2 Å². The lowest BCUT2D eigenvalue weighted by atomic mass is 10.0. The minimum atomic E-state index is -0.590. The fourth-order valence-corrected chi connectivity index (χ4v) is 2.29. The Hall–Kier alpha value is -3.07. The molecule has 0 atom stereocenters. The zero-order valence-corrected chi connectivity index (χ0v) is 11.2. The third-order valence-electron chi connectivity index (χ3n) is 3.35. The van der Waals surface area contributed by atoms with Gasteiger partial charge in [0.15, 0.2) is 0 Å². The fourth-order valence-electron chi connectivity index (χ4n) is 2.29. The van der Waals surface area contributed by atoms with Gasteiger partial charge in [-0.2, -0.15) is 10.4 Å². The van der Waals surface area contributed by atoms with E-state index in [0.717, 1.165) is 6.07 Å². The second-order valence-corrected chi connectivity index (χ2v) is 4.79. The van der Waals surface area contributed by atoms with Crippen LogP contribution >= 0.6 is 0 Å². The Kier molecular flexibility index (Phi) is 3.39. The largest absolute Gasteiger partial charge is 0.272 e. The zero-order chi connectivity index (χ0) is 15.7. The van der Waals surface area contributed by atoms with Crippen molar-refractivity contribution < 1.29 is 8.78 Å². The lowest BCUT2D eigenvalue weighted by Gasteiger charge is -2.06. The number of nitriles is 1. The standard InChI is InChI=1S/C16H9F2N3O/c17-11-2-3-12-13(7-11)16(22)21-20-15(12)6-9-1-4-14(18)10(5-9)8-19/h1-5,7H,6H2,(H,21,22). The molecule has 0 aliphatic rings. The SMILES string of the molecule is N#Cc1cc(Cc2n[nH]c(=O)c3cc(F)ccc23)ccc1F. The number of halogens is 2. The molecule has 0 saturated carbocycles. The van der Waals surface area contributed by atoms with Gasteiger partial charge in [-0.1, -0.05) is 6.07 Å². The van der Waals surface area contributed by atoms with Crippen LogP contribution in [-0.2, 0) is 6.42 Å². The van der Waals surface area contributed by atoms with E-state index in [2.05, 4.69) is 10.2 Å². The van der Waals surface area contributed by atoms with Crippen LogP contribution in [0.5, 0.6) is 0 Å². The Morgan fingerprint density at radius 1 is 1.14 bits per heavy atom. The van der Waals surface area contributed by atoms with Crippen LogP contribution in [0.2, 0.25) is 0 Å². The van der Waals surface area contributed by atoms with Crippen LogP contribution in [-0.4, -0.2) is 10.2 Å². The minimum absolute atomic E-state index is 0.0581. The van der Waals surface area contributed by atoms with E-state index in [1.54, 1.807) is 6.07 Å². The molecule has 0 aliphatic heterocycles. The molecule has 0 amide bonds. The quantitative estimate of drug-likeness (QED) is 0.790. The summed E-state index contributed by atoms with van der Waals surface area (Å²) in [4.78, 5) is 11.7. The second-order valence-electron chi connectivity index (χ2n) is 4.79. The van der Waals surface area contributed by atoms with Gasteiger partial charge in [-0.05, 0) is 35.9 Å². The highest BCUT2D eigenvalue weighted by Crippen LogP contribution is 2.19. The van der Waals surface area contributed by atoms with Crippen molar-refractivity contribution in [1.29, 1.82) is 5.26 Å². The number of hydrogen-bond donors (Lipinski definition) is 1. The maximum Gasteiger partial charge on any atom is 0.272 e. The van der Waals surface area contributed by atoms with Crippen molar-refractivity contribution in [3.63, 3.8) is 0 Å². The summed E-state index contributed by atoms with van der Waals surface area (Å²) in [7, 11) is 0. The van der Waals surface area contributed by atoms with Crippen LogP contribution in [0.4, 0.5) is 8.78 Å². The molecule has 0 radical (unpaired) electrons. The lowest BCUT2D eigenvalue weighted by Crippen LogP contribution is -2.11. The molecule has 1 aromatic heterocycles. The number of H-pyrrole nitrogens is 1. The molecular weight excluding hydrogens is 288 g/mol. The third kappa shape index (κ3) is 2.44. The first kappa shape index (κ1) is 13.9. The first-order valence-corrected chi connectivity index (χ1v) is 6.44. The van der Waals surface area contributed by atoms with E-state index in [1.165, 1.54) is 30.3 Å². The molecular formula is C16H9F2N3O. The van der Waals surface area contributed by atoms with E-state index in [-0.39, 0.29) is 17.4 Å². The Bertz CT molecular complexity index is 973. The number of aromatic amines is 1. The summed E-state index contributed by atoms with van der Waals surface area (Å²) >= 11 is 0. The summed E-state index contributed by atoms with van der Waals surface area (Å²) in [5.74, 6) is -1.10. The van der Waals surface area contributed by atoms with Crippen molar-refractivity contribution >= 4 is 10.8 Å². The second kappa shape index (κ2) is 5.37. The maximum absolute atomic E-state index is 13.3. The van der Waals surface area contributed by atoms with Gasteiger partial charge in [0, 0.05) is 11.8 Å². The molecule has 0 bridgehead atoms. The molecule has 108 valence electrons. The molecule has 3 rings (SSSR count). The third-order valence-corrected chi connectivity index (χ3v) is 3.35. The van der Waals surface area contributed by atoms with Gasteiger partial charge in [0.05, 0.1) is 16.6 Å². The van der Waals surface area contributed by atoms with Crippen LogP contribution in [0.25, 0.3) is 10.8 Å². The Labute approximate surface area is 123 Å². The molecule has 1 N–H and O–H groups in total. The van der Waals surface area contributed by atoms with Gasteiger partial charge in [-0.3, -0.25) is 4.79 Å². The van der Waals surface area contributed by atoms with Gasteiger partial charge in [-0.15, -0.1) is 0 Å². The van der Waals surface area contributed by atoms with Crippen molar-refractivity contribution in [1.82, 2.24) is 10.2 Å². The van der Waals surface area contributed by atoms with Gasteiger partial charge in [-0.25, -0.2) is 13.9 Å². The Balaban J connectivity index is 2.10. The van der Waals surface area contributed by atoms with Gasteiger partial charge in [0.2, 0.25) is 0 Å². The van der Waals surface area contributed by atoms with E-state index >= 15 is 0 Å². The highest BCUT2D eigenvalue weighted by atomic mass is 19.1. The lowest BCUT2D eigenvalue weighted by molar-refractivity contribution is 0.623. The average molecular weight is 297 g/mol. The van der Waals surface area contributed by atoms with Crippen molar-refractivity contribution in [2.45, 2.75) is 6.42 Å². The highest BCUT2D eigenvalue weighted by molar-refractivity contribution is 5.83. The summed E-state index contributed by atoms with van der Waals surface area (Å²) < 4.78 is 26.6. The first-order valence-electron chi connectivity index (χ1n) is 6.44. The average Bonchev–Trinajstić information content (AvgIpc) is 2.52. The van der Waals surface area contributed by atoms with Gasteiger partial charge in [0.25, 0.3) is 5.56 Å². The van der Waals surface area contributed by atoms with Crippen molar-refractivity contribution in [3.8, 4) is 6.07 Å². The highest BCUT2D eigenvalue weighted by Gasteiger charge is 2.10. The number of nitrogens with zero attached hydrogens (tertiary/aromatic N) is 2. The van der Waals surface area contributed by atoms with Crippen LogP contribution < -0.4 is 5.56 Å². The molecule has 2 aromatic carbocycles. The summed E-state index contributed by atoms with van der Waals surface area (Å²) in [5, 5.41) is 15.9. The number of hydrogen-bond acceptors (Lipinski definition) is 3. The molecule has 4 nitrogen and oxygen atoms in total. The number of fused-ring (bicyclic) bond motifs is 1. The normalized spacial score (nSPS) is 10.6. The molecule has 6 heteroatoms. The number of aromatic nitrogens is 2. The van der Waals surface area contributed by atoms with Crippen LogP contribution in [0.3, 0.4) is 0 Å². The molecule has 1 heterocycles. The Morgan fingerprint density at radius 2 is 1.95 bits per heavy atom. The number of nitrogens with one attached hydrogen (secondary N) is 1. The molecule has 0 unspecified atom stereocenters. The van der Waals surface area contributed by atoms with Crippen LogP contribution in [0.15, 0.2) is 41.2 Å². The Morgan fingerprint density at radius 3 is 2.73 bits per heavy atom. The smallest absolute Gasteiger partial charge is 0.267 e. The minimum Gasteiger partial charge on any atom is -0.267 e. The van der Waals surface area contributed by atoms with Gasteiger partial charge < -0.3 is 0 Å². The zero-order valence-electron chi connectivity index (χ0n) is 11.2. The van der Waals surface area contributed by atoms with E-state index in [0.29, 0.717) is 16.6 Å². The van der Waals surface area contributed by atoms with E-state index in [1.807, 2.05) is 0 Å². The van der Waals surface area contributed by atoms with Crippen LogP contribution in [0, 0.1) is 23.0 Å². The van der Waals surface area contributed by atoms with E-state index in [9.17, 15) is 13.6 Å². The fraction of sp³-hybridized carbons (Fsp3) is 0.0625. The number of benzene rings is 2. The predicted octanol–water partition coefficient (Wildman–Crippen LogP) is 2.66. The molecule has 0 fully saturated rings. The molecule has 22 heavy (non-hydrogen) atoms. The molecule has 0 saturated heterocycles. The summed E-state index contributed by atoms with van der Waals surface area (Å²) in [5.41, 5.74) is 0.653. The summed E-state index contributed by atoms with van der Waals surface area (Å²) in [6, 6.07) is 9.83. The topological polar surface area (TPSA) is 69.5 Å². The molecule has 0 aliphatic carbocycles. The van der Waals surface area contributed by atoms with Gasteiger partial charge >= 0.3 is 0 Å². The summed E-state index contributed by atoms with van der Waals surface area (Å²) in [6.07, 6.45) is 0.286. The van der Waals surface area contributed by atoms with Crippen molar-refractivity contribution in [2.24, 2.45) is 0 Å².